The Labute approximate surface area is 183 Å². The molecule has 0 aliphatic rings. The normalized spacial score (nSPS) is 10.7. The van der Waals surface area contributed by atoms with Crippen LogP contribution in [0.3, 0.4) is 0 Å². The topological polar surface area (TPSA) is 116 Å². The molecule has 1 amide bonds. The molecule has 3 N–H and O–H groups in total. The number of methoxy groups -OCH3 is 1. The summed E-state index contributed by atoms with van der Waals surface area (Å²) in [5.41, 5.74) is 8.49. The summed E-state index contributed by atoms with van der Waals surface area (Å²) in [6.07, 6.45) is 2.63. The van der Waals surface area contributed by atoms with Gasteiger partial charge in [0.15, 0.2) is 0 Å². The standard InChI is InChI=1S/C20H22N4O4S.C2H6/c1-13-10-19(21)23-14(2)18(13)11-22-20(25)15-8-9-24(12-15)29(26,27)17-6-4-16(28-3)5-7-17;1-2/h4-10,12H,11H2,1-3H3,(H2,21,23)(H,22,25);1-2H3. The van der Waals surface area contributed by atoms with E-state index in [9.17, 15) is 13.2 Å². The van der Waals surface area contributed by atoms with Gasteiger partial charge in [-0.15, -0.1) is 0 Å². The second-order valence-electron chi connectivity index (χ2n) is 6.52. The fourth-order valence-electron chi connectivity index (χ4n) is 2.96. The molecule has 3 rings (SSSR count). The maximum absolute atomic E-state index is 12.7. The van der Waals surface area contributed by atoms with Crippen LogP contribution >= 0.6 is 0 Å². The van der Waals surface area contributed by atoms with Crippen LogP contribution in [0.1, 0.15) is 41.0 Å². The lowest BCUT2D eigenvalue weighted by Crippen LogP contribution is -2.24. The average Bonchev–Trinajstić information content (AvgIpc) is 3.25. The molecule has 8 nitrogen and oxygen atoms in total. The highest BCUT2D eigenvalue weighted by Gasteiger charge is 2.19. The third-order valence-corrected chi connectivity index (χ3v) is 6.21. The number of ether oxygens (including phenoxy) is 1. The number of hydrogen-bond donors (Lipinski definition) is 2. The van der Waals surface area contributed by atoms with Crippen LogP contribution in [0.5, 0.6) is 5.75 Å². The van der Waals surface area contributed by atoms with Crippen molar-refractivity contribution in [2.75, 3.05) is 12.8 Å². The summed E-state index contributed by atoms with van der Waals surface area (Å²) in [4.78, 5) is 16.8. The quantitative estimate of drug-likeness (QED) is 0.603. The van der Waals surface area contributed by atoms with E-state index in [4.69, 9.17) is 10.5 Å². The molecule has 0 aliphatic carbocycles. The van der Waals surface area contributed by atoms with Crippen molar-refractivity contribution in [1.82, 2.24) is 14.3 Å². The number of anilines is 1. The number of pyridine rings is 1. The minimum atomic E-state index is -3.80. The van der Waals surface area contributed by atoms with Crippen LogP contribution in [0.2, 0.25) is 0 Å². The van der Waals surface area contributed by atoms with Crippen molar-refractivity contribution >= 4 is 21.7 Å². The van der Waals surface area contributed by atoms with Crippen molar-refractivity contribution in [2.45, 2.75) is 39.1 Å². The van der Waals surface area contributed by atoms with Gasteiger partial charge >= 0.3 is 0 Å². The van der Waals surface area contributed by atoms with Crippen molar-refractivity contribution < 1.29 is 17.9 Å². The molecule has 0 radical (unpaired) electrons. The zero-order valence-electron chi connectivity index (χ0n) is 18.3. The van der Waals surface area contributed by atoms with Gasteiger partial charge in [0.25, 0.3) is 15.9 Å². The lowest BCUT2D eigenvalue weighted by molar-refractivity contribution is 0.0951. The second kappa shape index (κ2) is 10.1. The first kappa shape index (κ1) is 23.9. The molecule has 2 aromatic heterocycles. The number of aryl methyl sites for hydroxylation is 2. The Morgan fingerprint density at radius 2 is 1.81 bits per heavy atom. The Balaban J connectivity index is 0.00000166. The minimum Gasteiger partial charge on any atom is -0.497 e. The first-order valence-corrected chi connectivity index (χ1v) is 11.2. The zero-order chi connectivity index (χ0) is 23.2. The van der Waals surface area contributed by atoms with Crippen LogP contribution in [-0.2, 0) is 16.6 Å². The van der Waals surface area contributed by atoms with Gasteiger partial charge in [0.1, 0.15) is 11.6 Å². The first-order valence-electron chi connectivity index (χ1n) is 9.81. The molecular weight excluding hydrogens is 416 g/mol. The summed E-state index contributed by atoms with van der Waals surface area (Å²) in [6, 6.07) is 9.23. The molecule has 0 atom stereocenters. The average molecular weight is 445 g/mol. The number of benzene rings is 1. The van der Waals surface area contributed by atoms with Crippen molar-refractivity contribution in [3.63, 3.8) is 0 Å². The van der Waals surface area contributed by atoms with E-state index in [1.807, 2.05) is 27.7 Å². The Hall–Kier alpha value is -3.33. The SMILES string of the molecule is CC.COc1ccc(S(=O)(=O)n2ccc(C(=O)NCc3c(C)cc(N)nc3C)c2)cc1. The van der Waals surface area contributed by atoms with Crippen molar-refractivity contribution in [3.8, 4) is 5.75 Å². The lowest BCUT2D eigenvalue weighted by Gasteiger charge is -2.11. The molecule has 0 bridgehead atoms. The number of rotatable bonds is 6. The molecule has 0 unspecified atom stereocenters. The van der Waals surface area contributed by atoms with Crippen LogP contribution < -0.4 is 15.8 Å². The van der Waals surface area contributed by atoms with Crippen molar-refractivity contribution in [2.24, 2.45) is 0 Å². The van der Waals surface area contributed by atoms with Gasteiger partial charge in [0, 0.05) is 24.6 Å². The van der Waals surface area contributed by atoms with Gasteiger partial charge in [0.2, 0.25) is 0 Å². The van der Waals surface area contributed by atoms with E-state index in [1.165, 1.54) is 37.7 Å². The maximum Gasteiger partial charge on any atom is 0.267 e. The highest BCUT2D eigenvalue weighted by molar-refractivity contribution is 7.90. The van der Waals surface area contributed by atoms with Crippen LogP contribution in [0, 0.1) is 13.8 Å². The van der Waals surface area contributed by atoms with Gasteiger partial charge in [-0.2, -0.15) is 0 Å². The molecule has 0 aliphatic heterocycles. The molecule has 2 heterocycles. The number of aromatic nitrogens is 2. The predicted octanol–water partition coefficient (Wildman–Crippen LogP) is 3.28. The highest BCUT2D eigenvalue weighted by atomic mass is 32.2. The van der Waals surface area contributed by atoms with E-state index in [0.717, 1.165) is 20.8 Å². The van der Waals surface area contributed by atoms with Crippen molar-refractivity contribution in [1.29, 1.82) is 0 Å². The molecule has 0 saturated heterocycles. The van der Waals surface area contributed by atoms with Gasteiger partial charge in [0.05, 0.1) is 17.6 Å². The largest absolute Gasteiger partial charge is 0.497 e. The molecule has 166 valence electrons. The second-order valence-corrected chi connectivity index (χ2v) is 8.36. The number of carbonyl (C=O) groups is 1. The number of amides is 1. The Kier molecular flexibility index (Phi) is 7.82. The summed E-state index contributed by atoms with van der Waals surface area (Å²) >= 11 is 0. The molecular formula is C22H28N4O4S. The zero-order valence-corrected chi connectivity index (χ0v) is 19.2. The number of nitrogen functional groups attached to an aromatic ring is 1. The molecule has 9 heteroatoms. The van der Waals surface area contributed by atoms with Gasteiger partial charge in [-0.1, -0.05) is 13.8 Å². The number of nitrogens with zero attached hydrogens (tertiary/aromatic N) is 2. The minimum absolute atomic E-state index is 0.0973. The molecule has 3 aromatic rings. The van der Waals surface area contributed by atoms with Crippen molar-refractivity contribution in [3.05, 3.63) is 71.2 Å². The van der Waals surface area contributed by atoms with Crippen LogP contribution in [-0.4, -0.2) is 30.4 Å². The first-order chi connectivity index (χ1) is 14.7. The van der Waals surface area contributed by atoms with E-state index < -0.39 is 10.0 Å². The molecule has 0 fully saturated rings. The van der Waals surface area contributed by atoms with Gasteiger partial charge in [-0.25, -0.2) is 17.4 Å². The van der Waals surface area contributed by atoms with E-state index in [2.05, 4.69) is 10.3 Å². The Morgan fingerprint density at radius 3 is 2.39 bits per heavy atom. The molecule has 0 spiro atoms. The third kappa shape index (κ3) is 5.43. The van der Waals surface area contributed by atoms with E-state index in [0.29, 0.717) is 11.6 Å². The van der Waals surface area contributed by atoms with E-state index in [-0.39, 0.29) is 22.9 Å². The number of nitrogens with one attached hydrogen (secondary N) is 1. The van der Waals surface area contributed by atoms with E-state index >= 15 is 0 Å². The van der Waals surface area contributed by atoms with Crippen LogP contribution in [0.15, 0.2) is 53.7 Å². The summed E-state index contributed by atoms with van der Waals surface area (Å²) < 4.78 is 31.5. The Bertz CT molecular complexity index is 1130. The summed E-state index contributed by atoms with van der Waals surface area (Å²) in [7, 11) is -2.30. The van der Waals surface area contributed by atoms with Gasteiger partial charge < -0.3 is 15.8 Å². The third-order valence-electron chi connectivity index (χ3n) is 4.56. The fourth-order valence-corrected chi connectivity index (χ4v) is 4.15. The molecule has 0 saturated carbocycles. The monoisotopic (exact) mass is 444 g/mol. The predicted molar refractivity (Wildman–Crippen MR) is 121 cm³/mol. The summed E-state index contributed by atoms with van der Waals surface area (Å²) in [5, 5.41) is 2.79. The van der Waals surface area contributed by atoms with Crippen LogP contribution in [0.25, 0.3) is 0 Å². The lowest BCUT2D eigenvalue weighted by atomic mass is 10.1. The summed E-state index contributed by atoms with van der Waals surface area (Å²) in [5.74, 6) is 0.597. The van der Waals surface area contributed by atoms with Crippen LogP contribution in [0.4, 0.5) is 5.82 Å². The number of hydrogen-bond acceptors (Lipinski definition) is 6. The number of carbonyl (C=O) groups excluding carboxylic acids is 1. The fraction of sp³-hybridized carbons (Fsp3) is 0.273. The molecule has 1 aromatic carbocycles. The van der Waals surface area contributed by atoms with Gasteiger partial charge in [-0.05, 0) is 61.4 Å². The smallest absolute Gasteiger partial charge is 0.267 e. The highest BCUT2D eigenvalue weighted by Crippen LogP contribution is 2.19. The molecule has 31 heavy (non-hydrogen) atoms. The summed E-state index contributed by atoms with van der Waals surface area (Å²) in [6.45, 7) is 7.98. The Morgan fingerprint density at radius 1 is 1.16 bits per heavy atom. The van der Waals surface area contributed by atoms with E-state index in [1.54, 1.807) is 18.2 Å². The maximum atomic E-state index is 12.7. The van der Waals surface area contributed by atoms with Gasteiger partial charge in [-0.3, -0.25) is 4.79 Å². The number of nitrogens with two attached hydrogens (primary N) is 1.